The van der Waals surface area contributed by atoms with Crippen LogP contribution in [0.3, 0.4) is 0 Å². The van der Waals surface area contributed by atoms with Crippen LogP contribution in [0.25, 0.3) is 21.8 Å². The van der Waals surface area contributed by atoms with Crippen LogP contribution in [0.1, 0.15) is 5.69 Å². The molecule has 4 rings (SSSR count). The van der Waals surface area contributed by atoms with Gasteiger partial charge in [-0.25, -0.2) is 19.7 Å². The van der Waals surface area contributed by atoms with Gasteiger partial charge in [0.25, 0.3) is 5.56 Å². The number of H-pyrrole nitrogens is 1. The first-order valence-electron chi connectivity index (χ1n) is 10.7. The van der Waals surface area contributed by atoms with Gasteiger partial charge in [0.05, 0.1) is 34.1 Å². The van der Waals surface area contributed by atoms with Crippen LogP contribution in [0.4, 0.5) is 25.1 Å². The number of ether oxygens (including phenoxy) is 5. The van der Waals surface area contributed by atoms with Gasteiger partial charge in [0.15, 0.2) is 11.5 Å². The standard InChI is InChI=1S/C23H20F3N5O7/c1-9-11-6-10(34-2)7-12(35-3)16(11)28-21(27-9)31-22-29-17-13(36-4)8-14(38-20(33)23(24,25)26)18(37-5)15(17)19(32)30-22/h6-8H,1-5H3,(H2,27,28,29,30,31,32). The van der Waals surface area contributed by atoms with Gasteiger partial charge in [0.2, 0.25) is 11.9 Å². The highest BCUT2D eigenvalue weighted by atomic mass is 19.4. The number of fused-ring (bicyclic) bond motifs is 2. The lowest BCUT2D eigenvalue weighted by Crippen LogP contribution is -2.28. The fourth-order valence-corrected chi connectivity index (χ4v) is 3.65. The molecule has 12 nitrogen and oxygen atoms in total. The summed E-state index contributed by atoms with van der Waals surface area (Å²) >= 11 is 0. The number of nitrogens with zero attached hydrogens (tertiary/aromatic N) is 3. The molecule has 2 heterocycles. The summed E-state index contributed by atoms with van der Waals surface area (Å²) < 4.78 is 63.7. The molecule has 0 aliphatic heterocycles. The van der Waals surface area contributed by atoms with Gasteiger partial charge in [0, 0.05) is 17.5 Å². The number of carbonyl (C=O) groups excluding carboxylic acids is 1. The van der Waals surface area contributed by atoms with Gasteiger partial charge < -0.3 is 23.7 Å². The topological polar surface area (TPSA) is 147 Å². The summed E-state index contributed by atoms with van der Waals surface area (Å²) in [5.41, 5.74) is 0.0923. The average molecular weight is 535 g/mol. The molecule has 0 aliphatic rings. The summed E-state index contributed by atoms with van der Waals surface area (Å²) in [6, 6.07) is 4.35. The van der Waals surface area contributed by atoms with Crippen LogP contribution in [0.2, 0.25) is 0 Å². The molecular weight excluding hydrogens is 515 g/mol. The molecule has 2 aromatic heterocycles. The van der Waals surface area contributed by atoms with E-state index in [4.69, 9.17) is 18.9 Å². The summed E-state index contributed by atoms with van der Waals surface area (Å²) in [6.45, 7) is 1.74. The van der Waals surface area contributed by atoms with E-state index in [1.807, 2.05) is 0 Å². The number of esters is 1. The fraction of sp³-hybridized carbons (Fsp3) is 0.261. The fourth-order valence-electron chi connectivity index (χ4n) is 3.65. The highest BCUT2D eigenvalue weighted by Crippen LogP contribution is 2.40. The predicted octanol–water partition coefficient (Wildman–Crippen LogP) is 3.42. The molecule has 200 valence electrons. The number of rotatable bonds is 7. The van der Waals surface area contributed by atoms with Crippen molar-refractivity contribution < 1.29 is 41.7 Å². The minimum atomic E-state index is -5.28. The summed E-state index contributed by atoms with van der Waals surface area (Å²) in [6.07, 6.45) is -5.28. The maximum absolute atomic E-state index is 13.0. The molecule has 0 amide bonds. The molecule has 0 saturated carbocycles. The molecule has 0 radical (unpaired) electrons. The number of hydrogen-bond donors (Lipinski definition) is 2. The maximum Gasteiger partial charge on any atom is 0.491 e. The minimum Gasteiger partial charge on any atom is -0.497 e. The normalized spacial score (nSPS) is 11.4. The van der Waals surface area contributed by atoms with Crippen LogP contribution in [0.5, 0.6) is 28.7 Å². The van der Waals surface area contributed by atoms with Gasteiger partial charge in [-0.05, 0) is 13.0 Å². The second-order valence-corrected chi connectivity index (χ2v) is 7.62. The quantitative estimate of drug-likeness (QED) is 0.265. The average Bonchev–Trinajstić information content (AvgIpc) is 2.87. The molecular formula is C23H20F3N5O7. The number of aryl methyl sites for hydroxylation is 1. The molecule has 38 heavy (non-hydrogen) atoms. The van der Waals surface area contributed by atoms with Crippen molar-refractivity contribution in [3.63, 3.8) is 0 Å². The molecule has 0 bridgehead atoms. The SMILES string of the molecule is COc1cc(OC)c2nc(Nc3nc4c(OC)cc(OC(=O)C(F)(F)F)c(OC)c4c(=O)[nH]3)nc(C)c2c1. The third-order valence-electron chi connectivity index (χ3n) is 5.34. The third-order valence-corrected chi connectivity index (χ3v) is 5.34. The van der Waals surface area contributed by atoms with E-state index in [1.54, 1.807) is 19.1 Å². The van der Waals surface area contributed by atoms with Crippen molar-refractivity contribution in [1.29, 1.82) is 0 Å². The molecule has 15 heteroatoms. The second kappa shape index (κ2) is 9.91. The lowest BCUT2D eigenvalue weighted by molar-refractivity contribution is -0.189. The molecule has 2 aromatic carbocycles. The second-order valence-electron chi connectivity index (χ2n) is 7.62. The molecule has 0 fully saturated rings. The number of methoxy groups -OCH3 is 4. The van der Waals surface area contributed by atoms with E-state index in [0.29, 0.717) is 28.1 Å². The van der Waals surface area contributed by atoms with Gasteiger partial charge >= 0.3 is 12.1 Å². The summed E-state index contributed by atoms with van der Waals surface area (Å²) in [5, 5.41) is 3.15. The maximum atomic E-state index is 13.0. The number of aromatic nitrogens is 4. The van der Waals surface area contributed by atoms with Crippen LogP contribution in [0, 0.1) is 6.92 Å². The molecule has 0 unspecified atom stereocenters. The first-order valence-corrected chi connectivity index (χ1v) is 10.7. The Balaban J connectivity index is 1.83. The highest BCUT2D eigenvalue weighted by Gasteiger charge is 2.42. The molecule has 4 aromatic rings. The van der Waals surface area contributed by atoms with E-state index in [0.717, 1.165) is 13.2 Å². The number of nitrogens with one attached hydrogen (secondary N) is 2. The van der Waals surface area contributed by atoms with Crippen LogP contribution >= 0.6 is 0 Å². The predicted molar refractivity (Wildman–Crippen MR) is 128 cm³/mol. The van der Waals surface area contributed by atoms with E-state index < -0.39 is 29.2 Å². The number of benzene rings is 2. The van der Waals surface area contributed by atoms with E-state index in [9.17, 15) is 22.8 Å². The Morgan fingerprint density at radius 2 is 1.58 bits per heavy atom. The smallest absolute Gasteiger partial charge is 0.491 e. The Hall–Kier alpha value is -4.82. The van der Waals surface area contributed by atoms with E-state index in [2.05, 4.69) is 30.0 Å². The first kappa shape index (κ1) is 26.2. The zero-order valence-electron chi connectivity index (χ0n) is 20.6. The van der Waals surface area contributed by atoms with Gasteiger partial charge in [-0.1, -0.05) is 0 Å². The van der Waals surface area contributed by atoms with Crippen LogP contribution in [-0.2, 0) is 4.79 Å². The monoisotopic (exact) mass is 535 g/mol. The van der Waals surface area contributed by atoms with Gasteiger partial charge in [-0.2, -0.15) is 13.2 Å². The van der Waals surface area contributed by atoms with Crippen LogP contribution < -0.4 is 34.6 Å². The minimum absolute atomic E-state index is 0.0580. The summed E-state index contributed by atoms with van der Waals surface area (Å²) in [7, 11) is 5.27. The van der Waals surface area contributed by atoms with Crippen molar-refractivity contribution in [1.82, 2.24) is 19.9 Å². The van der Waals surface area contributed by atoms with Gasteiger partial charge in [-0.3, -0.25) is 15.1 Å². The van der Waals surface area contributed by atoms with Crippen molar-refractivity contribution in [2.45, 2.75) is 13.1 Å². The highest BCUT2D eigenvalue weighted by molar-refractivity contribution is 5.94. The van der Waals surface area contributed by atoms with E-state index in [1.165, 1.54) is 21.3 Å². The van der Waals surface area contributed by atoms with Crippen LogP contribution in [-0.4, -0.2) is 60.5 Å². The lowest BCUT2D eigenvalue weighted by atomic mass is 10.1. The third kappa shape index (κ3) is 4.77. The molecule has 2 N–H and O–H groups in total. The van der Waals surface area contributed by atoms with Crippen molar-refractivity contribution in [2.24, 2.45) is 0 Å². The van der Waals surface area contributed by atoms with Crippen molar-refractivity contribution in [2.75, 3.05) is 33.8 Å². The Bertz CT molecular complexity index is 1620. The van der Waals surface area contributed by atoms with Crippen molar-refractivity contribution in [3.05, 3.63) is 34.2 Å². The van der Waals surface area contributed by atoms with Gasteiger partial charge in [-0.15, -0.1) is 0 Å². The molecule has 0 atom stereocenters. The Kier molecular flexibility index (Phi) is 6.85. The molecule has 0 aliphatic carbocycles. The largest absolute Gasteiger partial charge is 0.497 e. The summed E-state index contributed by atoms with van der Waals surface area (Å²) in [4.78, 5) is 40.0. The van der Waals surface area contributed by atoms with Crippen LogP contribution in [0.15, 0.2) is 23.0 Å². The zero-order valence-corrected chi connectivity index (χ0v) is 20.6. The number of anilines is 2. The zero-order chi connectivity index (χ0) is 27.8. The Morgan fingerprint density at radius 3 is 2.18 bits per heavy atom. The number of halogens is 3. The summed E-state index contributed by atoms with van der Waals surface area (Å²) in [5.74, 6) is -2.89. The van der Waals surface area contributed by atoms with E-state index in [-0.39, 0.29) is 28.5 Å². The van der Waals surface area contributed by atoms with Gasteiger partial charge in [0.1, 0.15) is 33.7 Å². The Labute approximate surface area is 211 Å². The van der Waals surface area contributed by atoms with E-state index >= 15 is 0 Å². The number of carbonyl (C=O) groups is 1. The van der Waals surface area contributed by atoms with Crippen molar-refractivity contribution >= 4 is 39.7 Å². The number of alkyl halides is 3. The molecule has 0 saturated heterocycles. The Morgan fingerprint density at radius 1 is 0.895 bits per heavy atom. The number of aromatic amines is 1. The van der Waals surface area contributed by atoms with Crippen molar-refractivity contribution in [3.8, 4) is 28.7 Å². The molecule has 0 spiro atoms. The number of hydrogen-bond acceptors (Lipinski definition) is 11. The lowest BCUT2D eigenvalue weighted by Gasteiger charge is -2.15. The first-order chi connectivity index (χ1) is 18.0.